The number of ether oxygens (including phenoxy) is 1. The molecule has 2 saturated heterocycles. The summed E-state index contributed by atoms with van der Waals surface area (Å²) in [6.45, 7) is 3.77. The van der Waals surface area contributed by atoms with Gasteiger partial charge >= 0.3 is 0 Å². The first kappa shape index (κ1) is 16.5. The maximum Gasteiger partial charge on any atom is 0.123 e. The first-order chi connectivity index (χ1) is 12.1. The molecule has 0 amide bonds. The summed E-state index contributed by atoms with van der Waals surface area (Å²) in [7, 11) is 2.08. The van der Waals surface area contributed by atoms with E-state index in [0.717, 1.165) is 56.9 Å². The van der Waals surface area contributed by atoms with Gasteiger partial charge in [-0.1, -0.05) is 0 Å². The lowest BCUT2D eigenvalue weighted by Crippen LogP contribution is -2.44. The van der Waals surface area contributed by atoms with E-state index in [1.54, 1.807) is 6.33 Å². The van der Waals surface area contributed by atoms with E-state index < -0.39 is 0 Å². The molecule has 0 saturated carbocycles. The van der Waals surface area contributed by atoms with Crippen molar-refractivity contribution in [2.75, 3.05) is 31.6 Å². The van der Waals surface area contributed by atoms with Gasteiger partial charge in [-0.05, 0) is 43.5 Å². The minimum atomic E-state index is -0.194. The summed E-state index contributed by atoms with van der Waals surface area (Å²) >= 11 is 0. The van der Waals surface area contributed by atoms with Crippen LogP contribution in [0.1, 0.15) is 25.0 Å². The summed E-state index contributed by atoms with van der Waals surface area (Å²) in [5.41, 5.74) is 2.21. The molecule has 1 aromatic carbocycles. The normalized spacial score (nSPS) is 23.2. The van der Waals surface area contributed by atoms with E-state index in [0.29, 0.717) is 6.04 Å². The van der Waals surface area contributed by atoms with Crippen molar-refractivity contribution in [3.63, 3.8) is 0 Å². The standard InChI is InChI=1S/C19H25FN4O/c1-23(17-4-2-15(20)3-5-17)18-10-19(25-13-18)6-8-24(9-7-19)12-16-11-21-14-22-16/h2-5,11,14,18H,6-10,12-13H2,1H3,(H,21,22)/t18-/m0/s1. The number of hydrogen-bond donors (Lipinski definition) is 1. The number of piperidine rings is 1. The molecule has 1 aromatic heterocycles. The molecule has 5 nitrogen and oxygen atoms in total. The number of aromatic amines is 1. The zero-order valence-electron chi connectivity index (χ0n) is 14.6. The van der Waals surface area contributed by atoms with Gasteiger partial charge in [0.15, 0.2) is 0 Å². The molecule has 2 aromatic rings. The molecule has 0 aliphatic carbocycles. The minimum absolute atomic E-state index is 0.00342. The van der Waals surface area contributed by atoms with Gasteiger partial charge in [0, 0.05) is 44.3 Å². The average molecular weight is 344 g/mol. The van der Waals surface area contributed by atoms with Gasteiger partial charge < -0.3 is 14.6 Å². The van der Waals surface area contributed by atoms with Crippen LogP contribution in [-0.4, -0.2) is 53.3 Å². The van der Waals surface area contributed by atoms with Crippen LogP contribution in [0.5, 0.6) is 0 Å². The van der Waals surface area contributed by atoms with E-state index in [9.17, 15) is 4.39 Å². The van der Waals surface area contributed by atoms with Crippen LogP contribution in [0.15, 0.2) is 36.8 Å². The summed E-state index contributed by atoms with van der Waals surface area (Å²) in [6.07, 6.45) is 6.80. The SMILES string of the molecule is CN(c1ccc(F)cc1)[C@@H]1COC2(CCN(Cc3cnc[nH]3)CC2)C1. The fourth-order valence-electron chi connectivity index (χ4n) is 4.04. The smallest absolute Gasteiger partial charge is 0.123 e. The maximum atomic E-state index is 13.1. The van der Waals surface area contributed by atoms with Crippen LogP contribution in [0, 0.1) is 5.82 Å². The number of nitrogens with one attached hydrogen (secondary N) is 1. The number of nitrogens with zero attached hydrogens (tertiary/aromatic N) is 3. The van der Waals surface area contributed by atoms with Crippen LogP contribution >= 0.6 is 0 Å². The third-order valence-corrected chi connectivity index (χ3v) is 5.69. The van der Waals surface area contributed by atoms with Gasteiger partial charge in [-0.2, -0.15) is 0 Å². The summed E-state index contributed by atoms with van der Waals surface area (Å²) in [4.78, 5) is 11.9. The molecular formula is C19H25FN4O. The van der Waals surface area contributed by atoms with Crippen molar-refractivity contribution in [1.29, 1.82) is 0 Å². The number of rotatable bonds is 4. The number of halogens is 1. The predicted octanol–water partition coefficient (Wildman–Crippen LogP) is 2.81. The molecule has 134 valence electrons. The Morgan fingerprint density at radius 1 is 1.32 bits per heavy atom. The second kappa shape index (κ2) is 6.77. The van der Waals surface area contributed by atoms with Gasteiger partial charge in [-0.15, -0.1) is 0 Å². The lowest BCUT2D eigenvalue weighted by atomic mass is 9.87. The number of hydrogen-bond acceptors (Lipinski definition) is 4. The van der Waals surface area contributed by atoms with Gasteiger partial charge in [-0.3, -0.25) is 4.90 Å². The molecule has 3 heterocycles. The molecule has 2 aliphatic heterocycles. The number of aromatic nitrogens is 2. The zero-order valence-corrected chi connectivity index (χ0v) is 14.6. The summed E-state index contributed by atoms with van der Waals surface area (Å²) < 4.78 is 19.4. The highest BCUT2D eigenvalue weighted by atomic mass is 19.1. The topological polar surface area (TPSA) is 44.4 Å². The van der Waals surface area contributed by atoms with Crippen molar-refractivity contribution >= 4 is 5.69 Å². The molecule has 0 unspecified atom stereocenters. The Kier molecular flexibility index (Phi) is 4.48. The molecule has 1 spiro atoms. The second-order valence-corrected chi connectivity index (χ2v) is 7.29. The summed E-state index contributed by atoms with van der Waals surface area (Å²) in [5, 5.41) is 0. The largest absolute Gasteiger partial charge is 0.373 e. The maximum absolute atomic E-state index is 13.1. The van der Waals surface area contributed by atoms with E-state index in [2.05, 4.69) is 26.8 Å². The molecule has 1 N–H and O–H groups in total. The molecule has 1 atom stereocenters. The van der Waals surface area contributed by atoms with E-state index >= 15 is 0 Å². The van der Waals surface area contributed by atoms with E-state index in [1.807, 2.05) is 18.3 Å². The quantitative estimate of drug-likeness (QED) is 0.926. The van der Waals surface area contributed by atoms with Gasteiger partial charge in [0.05, 0.1) is 24.6 Å². The first-order valence-corrected chi connectivity index (χ1v) is 8.96. The van der Waals surface area contributed by atoms with Gasteiger partial charge in [0.25, 0.3) is 0 Å². The highest BCUT2D eigenvalue weighted by Gasteiger charge is 2.43. The third-order valence-electron chi connectivity index (χ3n) is 5.69. The van der Waals surface area contributed by atoms with Gasteiger partial charge in [0.2, 0.25) is 0 Å². The van der Waals surface area contributed by atoms with Crippen LogP contribution < -0.4 is 4.90 Å². The number of benzene rings is 1. The van der Waals surface area contributed by atoms with Gasteiger partial charge in [-0.25, -0.2) is 9.37 Å². The Bertz CT molecular complexity index is 680. The first-order valence-electron chi connectivity index (χ1n) is 8.96. The second-order valence-electron chi connectivity index (χ2n) is 7.29. The van der Waals surface area contributed by atoms with Crippen molar-refractivity contribution in [3.8, 4) is 0 Å². The molecule has 2 aliphatic rings. The Morgan fingerprint density at radius 2 is 2.08 bits per heavy atom. The van der Waals surface area contributed by atoms with Crippen LogP contribution in [0.2, 0.25) is 0 Å². The summed E-state index contributed by atoms with van der Waals surface area (Å²) in [6, 6.07) is 7.07. The fraction of sp³-hybridized carbons (Fsp3) is 0.526. The fourth-order valence-corrected chi connectivity index (χ4v) is 4.04. The molecular weight excluding hydrogens is 319 g/mol. The van der Waals surface area contributed by atoms with Crippen LogP contribution in [0.25, 0.3) is 0 Å². The van der Waals surface area contributed by atoms with Crippen LogP contribution in [0.4, 0.5) is 10.1 Å². The summed E-state index contributed by atoms with van der Waals surface area (Å²) in [5.74, 6) is -0.194. The molecule has 0 radical (unpaired) electrons. The number of anilines is 1. The highest BCUT2D eigenvalue weighted by molar-refractivity contribution is 5.46. The van der Waals surface area contributed by atoms with E-state index in [1.165, 1.54) is 12.1 Å². The molecule has 25 heavy (non-hydrogen) atoms. The Morgan fingerprint density at radius 3 is 2.76 bits per heavy atom. The van der Waals surface area contributed by atoms with E-state index in [4.69, 9.17) is 4.74 Å². The third kappa shape index (κ3) is 3.55. The van der Waals surface area contributed by atoms with Crippen LogP contribution in [-0.2, 0) is 11.3 Å². The lowest BCUT2D eigenvalue weighted by molar-refractivity contribution is -0.0450. The Hall–Kier alpha value is -1.92. The molecule has 0 bridgehead atoms. The van der Waals surface area contributed by atoms with Crippen LogP contribution in [0.3, 0.4) is 0 Å². The number of H-pyrrole nitrogens is 1. The molecule has 2 fully saturated rings. The molecule has 4 rings (SSSR count). The Balaban J connectivity index is 1.33. The highest BCUT2D eigenvalue weighted by Crippen LogP contribution is 2.38. The van der Waals surface area contributed by atoms with Crippen molar-refractivity contribution in [2.24, 2.45) is 0 Å². The van der Waals surface area contributed by atoms with Crippen molar-refractivity contribution in [1.82, 2.24) is 14.9 Å². The van der Waals surface area contributed by atoms with Crippen molar-refractivity contribution in [2.45, 2.75) is 37.5 Å². The monoisotopic (exact) mass is 344 g/mol. The lowest BCUT2D eigenvalue weighted by Gasteiger charge is -2.38. The van der Waals surface area contributed by atoms with Crippen molar-refractivity contribution < 1.29 is 9.13 Å². The van der Waals surface area contributed by atoms with E-state index in [-0.39, 0.29) is 11.4 Å². The predicted molar refractivity (Wildman–Crippen MR) is 95.0 cm³/mol. The minimum Gasteiger partial charge on any atom is -0.373 e. The van der Waals surface area contributed by atoms with Gasteiger partial charge in [0.1, 0.15) is 5.82 Å². The van der Waals surface area contributed by atoms with Crippen molar-refractivity contribution in [3.05, 3.63) is 48.3 Å². The average Bonchev–Trinajstić information content (AvgIpc) is 3.28. The molecule has 6 heteroatoms. The number of likely N-dealkylation sites (tertiary alicyclic amines) is 1. The zero-order chi connectivity index (χ0) is 17.3. The number of likely N-dealkylation sites (N-methyl/N-ethyl adjacent to an activating group) is 1. The Labute approximate surface area is 147 Å². The number of imidazole rings is 1.